The van der Waals surface area contributed by atoms with Crippen LogP contribution in [-0.2, 0) is 11.2 Å². The molecule has 3 N–H and O–H groups in total. The van der Waals surface area contributed by atoms with Gasteiger partial charge >= 0.3 is 5.97 Å². The minimum atomic E-state index is -1.13. The SMILES string of the molecule is Cc1nc(-c2ccccc2F)sc1C(=O)N[C@@H](Cc1c[nH]c2ccccc12)C(=O)O. The summed E-state index contributed by atoms with van der Waals surface area (Å²) in [5.74, 6) is -2.11. The number of nitrogens with one attached hydrogen (secondary N) is 2. The zero-order valence-electron chi connectivity index (χ0n) is 16.0. The summed E-state index contributed by atoms with van der Waals surface area (Å²) in [6.07, 6.45) is 1.88. The predicted octanol–water partition coefficient (Wildman–Crippen LogP) is 4.16. The molecule has 0 saturated carbocycles. The molecule has 4 rings (SSSR count). The molecule has 0 bridgehead atoms. The van der Waals surface area contributed by atoms with Crippen molar-refractivity contribution in [1.29, 1.82) is 0 Å². The lowest BCUT2D eigenvalue weighted by Gasteiger charge is -2.13. The summed E-state index contributed by atoms with van der Waals surface area (Å²) in [6.45, 7) is 1.64. The molecule has 0 fully saturated rings. The lowest BCUT2D eigenvalue weighted by Crippen LogP contribution is -2.42. The normalized spacial score (nSPS) is 12.1. The van der Waals surface area contributed by atoms with Crippen LogP contribution < -0.4 is 5.32 Å². The van der Waals surface area contributed by atoms with Gasteiger partial charge in [-0.15, -0.1) is 11.3 Å². The Balaban J connectivity index is 1.57. The Labute approximate surface area is 175 Å². The van der Waals surface area contributed by atoms with Crippen molar-refractivity contribution < 1.29 is 19.1 Å². The second-order valence-corrected chi connectivity index (χ2v) is 7.84. The molecule has 0 radical (unpaired) electrons. The average molecular weight is 423 g/mol. The summed E-state index contributed by atoms with van der Waals surface area (Å²) >= 11 is 1.04. The Morgan fingerprint density at radius 1 is 1.20 bits per heavy atom. The second kappa shape index (κ2) is 8.08. The van der Waals surface area contributed by atoms with Crippen molar-refractivity contribution in [1.82, 2.24) is 15.3 Å². The number of rotatable bonds is 6. The number of aliphatic carboxylic acids is 1. The molecule has 0 saturated heterocycles. The summed E-state index contributed by atoms with van der Waals surface area (Å²) in [6, 6.07) is 12.6. The summed E-state index contributed by atoms with van der Waals surface area (Å²) in [5.41, 5.74) is 2.42. The first-order valence-electron chi connectivity index (χ1n) is 9.25. The number of halogens is 1. The zero-order chi connectivity index (χ0) is 21.3. The molecule has 152 valence electrons. The Morgan fingerprint density at radius 2 is 1.93 bits per heavy atom. The topological polar surface area (TPSA) is 95.1 Å². The average Bonchev–Trinajstić information content (AvgIpc) is 3.31. The van der Waals surface area contributed by atoms with Gasteiger partial charge in [0.2, 0.25) is 0 Å². The van der Waals surface area contributed by atoms with Gasteiger partial charge in [-0.1, -0.05) is 30.3 Å². The summed E-state index contributed by atoms with van der Waals surface area (Å²) in [7, 11) is 0. The van der Waals surface area contributed by atoms with Crippen LogP contribution >= 0.6 is 11.3 Å². The van der Waals surface area contributed by atoms with Gasteiger partial charge in [-0.3, -0.25) is 4.79 Å². The highest BCUT2D eigenvalue weighted by Crippen LogP contribution is 2.30. The van der Waals surface area contributed by atoms with Crippen LogP contribution in [0.15, 0.2) is 54.7 Å². The van der Waals surface area contributed by atoms with Crippen molar-refractivity contribution >= 4 is 34.1 Å². The quantitative estimate of drug-likeness (QED) is 0.434. The first-order chi connectivity index (χ1) is 14.4. The van der Waals surface area contributed by atoms with Gasteiger partial charge in [0, 0.05) is 29.1 Å². The maximum atomic E-state index is 14.1. The van der Waals surface area contributed by atoms with Crippen molar-refractivity contribution in [3.05, 3.63) is 76.7 Å². The number of aromatic amines is 1. The van der Waals surface area contributed by atoms with E-state index in [0.29, 0.717) is 16.3 Å². The summed E-state index contributed by atoms with van der Waals surface area (Å²) < 4.78 is 14.1. The number of hydrogen-bond donors (Lipinski definition) is 3. The largest absolute Gasteiger partial charge is 0.480 e. The lowest BCUT2D eigenvalue weighted by molar-refractivity contribution is -0.139. The standard InChI is InChI=1S/C22H18FN3O3S/c1-12-19(30-21(25-12)15-7-2-4-8-16(15)23)20(27)26-18(22(28)29)10-13-11-24-17-9-5-3-6-14(13)17/h2-9,11,18,24H,10H2,1H3,(H,26,27)(H,28,29)/t18-/m0/s1. The van der Waals surface area contributed by atoms with Crippen molar-refractivity contribution in [3.63, 3.8) is 0 Å². The van der Waals surface area contributed by atoms with Crippen LogP contribution in [0.1, 0.15) is 20.9 Å². The van der Waals surface area contributed by atoms with Gasteiger partial charge in [0.25, 0.3) is 5.91 Å². The molecule has 2 heterocycles. The molecule has 0 spiro atoms. The monoisotopic (exact) mass is 423 g/mol. The van der Waals surface area contributed by atoms with Crippen LogP contribution in [0.5, 0.6) is 0 Å². The highest BCUT2D eigenvalue weighted by molar-refractivity contribution is 7.17. The van der Waals surface area contributed by atoms with Crippen LogP contribution in [0, 0.1) is 12.7 Å². The molecule has 0 unspecified atom stereocenters. The third-order valence-corrected chi connectivity index (χ3v) is 6.00. The Bertz CT molecular complexity index is 1250. The third-order valence-electron chi connectivity index (χ3n) is 4.81. The molecule has 4 aromatic rings. The van der Waals surface area contributed by atoms with E-state index in [4.69, 9.17) is 0 Å². The number of carboxylic acids is 1. The van der Waals surface area contributed by atoms with Gasteiger partial charge in [0.05, 0.1) is 5.69 Å². The number of H-pyrrole nitrogens is 1. The molecule has 0 aliphatic heterocycles. The van der Waals surface area contributed by atoms with E-state index >= 15 is 0 Å². The lowest BCUT2D eigenvalue weighted by atomic mass is 10.0. The van der Waals surface area contributed by atoms with E-state index in [1.54, 1.807) is 31.3 Å². The van der Waals surface area contributed by atoms with Gasteiger partial charge in [0.15, 0.2) is 0 Å². The van der Waals surface area contributed by atoms with Gasteiger partial charge in [-0.2, -0.15) is 0 Å². The maximum Gasteiger partial charge on any atom is 0.326 e. The summed E-state index contributed by atoms with van der Waals surface area (Å²) in [5, 5.41) is 13.5. The maximum absolute atomic E-state index is 14.1. The molecule has 6 nitrogen and oxygen atoms in total. The van der Waals surface area contributed by atoms with Crippen molar-refractivity contribution in [2.45, 2.75) is 19.4 Å². The number of aryl methyl sites for hydroxylation is 1. The molecular weight excluding hydrogens is 405 g/mol. The highest BCUT2D eigenvalue weighted by atomic mass is 32.1. The van der Waals surface area contributed by atoms with Gasteiger partial charge in [-0.25, -0.2) is 14.2 Å². The molecular formula is C22H18FN3O3S. The van der Waals surface area contributed by atoms with E-state index in [9.17, 15) is 19.1 Å². The Hall–Kier alpha value is -3.52. The number of carboxylic acid groups (broad SMARTS) is 1. The number of para-hydroxylation sites is 1. The Kier molecular flexibility index (Phi) is 5.33. The van der Waals surface area contributed by atoms with E-state index in [-0.39, 0.29) is 11.3 Å². The molecule has 1 amide bonds. The molecule has 8 heteroatoms. The summed E-state index contributed by atoms with van der Waals surface area (Å²) in [4.78, 5) is 32.3. The number of carbonyl (C=O) groups excluding carboxylic acids is 1. The fourth-order valence-corrected chi connectivity index (χ4v) is 4.30. The van der Waals surface area contributed by atoms with Crippen LogP contribution in [0.25, 0.3) is 21.5 Å². The molecule has 2 aromatic heterocycles. The van der Waals surface area contributed by atoms with E-state index in [0.717, 1.165) is 27.8 Å². The van der Waals surface area contributed by atoms with Crippen LogP contribution in [0.4, 0.5) is 4.39 Å². The second-order valence-electron chi connectivity index (χ2n) is 6.84. The van der Waals surface area contributed by atoms with Crippen LogP contribution in [0.2, 0.25) is 0 Å². The minimum absolute atomic E-state index is 0.128. The minimum Gasteiger partial charge on any atom is -0.480 e. The fraction of sp³-hybridized carbons (Fsp3) is 0.136. The number of fused-ring (bicyclic) bond motifs is 1. The molecule has 0 aliphatic rings. The molecule has 0 aliphatic carbocycles. The number of amides is 1. The van der Waals surface area contributed by atoms with Crippen molar-refractivity contribution in [2.75, 3.05) is 0 Å². The van der Waals surface area contributed by atoms with Gasteiger partial charge in [0.1, 0.15) is 21.7 Å². The van der Waals surface area contributed by atoms with Crippen LogP contribution in [0.3, 0.4) is 0 Å². The van der Waals surface area contributed by atoms with Gasteiger partial charge in [-0.05, 0) is 30.7 Å². The fourth-order valence-electron chi connectivity index (χ4n) is 3.30. The number of nitrogens with zero attached hydrogens (tertiary/aromatic N) is 1. The van der Waals surface area contributed by atoms with E-state index < -0.39 is 23.7 Å². The van der Waals surface area contributed by atoms with Crippen LogP contribution in [-0.4, -0.2) is 33.0 Å². The number of carbonyl (C=O) groups is 2. The first-order valence-corrected chi connectivity index (χ1v) is 10.1. The van der Waals surface area contributed by atoms with Crippen molar-refractivity contribution in [2.24, 2.45) is 0 Å². The smallest absolute Gasteiger partial charge is 0.326 e. The predicted molar refractivity (Wildman–Crippen MR) is 113 cm³/mol. The molecule has 1 atom stereocenters. The Morgan fingerprint density at radius 3 is 2.70 bits per heavy atom. The van der Waals surface area contributed by atoms with E-state index in [1.165, 1.54) is 6.07 Å². The van der Waals surface area contributed by atoms with Crippen molar-refractivity contribution in [3.8, 4) is 10.6 Å². The van der Waals surface area contributed by atoms with Gasteiger partial charge < -0.3 is 15.4 Å². The number of aromatic nitrogens is 2. The number of benzene rings is 2. The van der Waals surface area contributed by atoms with E-state index in [2.05, 4.69) is 15.3 Å². The molecule has 30 heavy (non-hydrogen) atoms. The molecule has 2 aromatic carbocycles. The zero-order valence-corrected chi connectivity index (χ0v) is 16.8. The first kappa shape index (κ1) is 19.8. The highest BCUT2D eigenvalue weighted by Gasteiger charge is 2.25. The number of thiazole rings is 1. The number of hydrogen-bond acceptors (Lipinski definition) is 4. The third kappa shape index (κ3) is 3.81. The van der Waals surface area contributed by atoms with E-state index in [1.807, 2.05) is 24.3 Å².